The Morgan fingerprint density at radius 1 is 1.15 bits per heavy atom. The van der Waals surface area contributed by atoms with Crippen LogP contribution in [0.3, 0.4) is 0 Å². The van der Waals surface area contributed by atoms with Crippen LogP contribution in [0.15, 0.2) is 36.7 Å². The lowest BCUT2D eigenvalue weighted by Crippen LogP contribution is -2.54. The van der Waals surface area contributed by atoms with Gasteiger partial charge in [-0.25, -0.2) is 14.4 Å². The molecule has 0 radical (unpaired) electrons. The van der Waals surface area contributed by atoms with E-state index in [4.69, 9.17) is 25.8 Å². The quantitative estimate of drug-likeness (QED) is 0.428. The van der Waals surface area contributed by atoms with Crippen molar-refractivity contribution in [3.8, 4) is 11.5 Å². The highest BCUT2D eigenvalue weighted by molar-refractivity contribution is 6.31. The lowest BCUT2D eigenvalue weighted by molar-refractivity contribution is -0.142. The third-order valence-electron chi connectivity index (χ3n) is 7.31. The second-order valence-electron chi connectivity index (χ2n) is 9.71. The van der Waals surface area contributed by atoms with E-state index in [-0.39, 0.29) is 23.1 Å². The Kier molecular flexibility index (Phi) is 8.64. The number of nitrogens with zero attached hydrogens (tertiary/aromatic N) is 4. The zero-order valence-electron chi connectivity index (χ0n) is 22.2. The fourth-order valence-corrected chi connectivity index (χ4v) is 5.37. The number of carbonyl (C=O) groups is 1. The number of rotatable bonds is 8. The summed E-state index contributed by atoms with van der Waals surface area (Å²) in [6.07, 6.45) is 3.78. The van der Waals surface area contributed by atoms with Gasteiger partial charge in [0.15, 0.2) is 11.5 Å². The van der Waals surface area contributed by atoms with Crippen molar-refractivity contribution in [2.24, 2.45) is 0 Å². The van der Waals surface area contributed by atoms with E-state index in [1.165, 1.54) is 18.5 Å². The van der Waals surface area contributed by atoms with Gasteiger partial charge >= 0.3 is 0 Å². The van der Waals surface area contributed by atoms with Crippen LogP contribution >= 0.6 is 11.6 Å². The zero-order valence-corrected chi connectivity index (χ0v) is 22.9. The van der Waals surface area contributed by atoms with Gasteiger partial charge in [0.25, 0.3) is 0 Å². The van der Waals surface area contributed by atoms with Crippen molar-refractivity contribution in [1.82, 2.24) is 19.8 Å². The predicted octanol–water partition coefficient (Wildman–Crippen LogP) is 4.66. The van der Waals surface area contributed by atoms with Crippen molar-refractivity contribution >= 4 is 39.9 Å². The molecular formula is C28H33ClFN5O4. The molecule has 5 rings (SSSR count). The minimum Gasteiger partial charge on any atom is -0.493 e. The molecule has 3 aromatic rings. The molecule has 2 aromatic carbocycles. The molecule has 1 aromatic heterocycles. The summed E-state index contributed by atoms with van der Waals surface area (Å²) in [5.41, 5.74) is 1.27. The maximum absolute atomic E-state index is 13.6. The van der Waals surface area contributed by atoms with Crippen LogP contribution in [0, 0.1) is 5.82 Å². The fraction of sp³-hybridized carbons (Fsp3) is 0.464. The number of methoxy groups -OCH3 is 1. The van der Waals surface area contributed by atoms with Gasteiger partial charge in [-0.15, -0.1) is 0 Å². The van der Waals surface area contributed by atoms with Crippen LogP contribution in [0.25, 0.3) is 10.9 Å². The number of nitrogens with one attached hydrogen (secondary N) is 1. The van der Waals surface area contributed by atoms with Crippen molar-refractivity contribution in [2.45, 2.75) is 38.3 Å². The summed E-state index contributed by atoms with van der Waals surface area (Å²) in [7, 11) is 1.60. The van der Waals surface area contributed by atoms with Gasteiger partial charge in [0.2, 0.25) is 5.91 Å². The molecule has 3 heterocycles. The van der Waals surface area contributed by atoms with Crippen molar-refractivity contribution < 1.29 is 23.4 Å². The average molecular weight is 558 g/mol. The van der Waals surface area contributed by atoms with Crippen LogP contribution in [0.5, 0.6) is 11.5 Å². The SMILES string of the molecule is CCC(C(=O)N1CCOCC1)N1CCC(Oc2cc3c(Nc4ccc(F)c(Cl)c4)ncnc3cc2OC)CC1. The van der Waals surface area contributed by atoms with Gasteiger partial charge in [0.1, 0.15) is 24.1 Å². The summed E-state index contributed by atoms with van der Waals surface area (Å²) < 4.78 is 31.1. The molecule has 1 N–H and O–H groups in total. The van der Waals surface area contributed by atoms with Crippen molar-refractivity contribution in [3.05, 3.63) is 47.5 Å². The number of hydrogen-bond donors (Lipinski definition) is 1. The van der Waals surface area contributed by atoms with E-state index in [2.05, 4.69) is 27.1 Å². The highest BCUT2D eigenvalue weighted by Crippen LogP contribution is 2.36. The molecule has 1 unspecified atom stereocenters. The standard InChI is InChI=1S/C28H33ClFN5O4/c1-3-24(28(36)35-10-12-38-13-11-35)34-8-6-19(7-9-34)39-26-15-20-23(16-25(26)37-2)31-17-32-27(20)33-18-4-5-22(30)21(29)14-18/h4-5,14-17,19,24H,3,6-13H2,1-2H3,(H,31,32,33). The number of benzene rings is 2. The lowest BCUT2D eigenvalue weighted by Gasteiger charge is -2.39. The molecule has 2 aliphatic rings. The number of hydrogen-bond acceptors (Lipinski definition) is 8. The van der Waals surface area contributed by atoms with Gasteiger partial charge in [0.05, 0.1) is 36.9 Å². The number of fused-ring (bicyclic) bond motifs is 1. The first-order valence-electron chi connectivity index (χ1n) is 13.3. The van der Waals surface area contributed by atoms with Crippen molar-refractivity contribution in [3.63, 3.8) is 0 Å². The normalized spacial score (nSPS) is 17.7. The molecule has 1 atom stereocenters. The third-order valence-corrected chi connectivity index (χ3v) is 7.60. The van der Waals surface area contributed by atoms with Crippen LogP contribution in [0.1, 0.15) is 26.2 Å². The molecule has 208 valence electrons. The Morgan fingerprint density at radius 2 is 1.92 bits per heavy atom. The molecule has 0 bridgehead atoms. The maximum atomic E-state index is 13.6. The van der Waals surface area contributed by atoms with E-state index in [9.17, 15) is 9.18 Å². The van der Waals surface area contributed by atoms with E-state index < -0.39 is 5.82 Å². The van der Waals surface area contributed by atoms with Crippen LogP contribution in [0.2, 0.25) is 5.02 Å². The number of piperidine rings is 1. The van der Waals surface area contributed by atoms with Crippen molar-refractivity contribution in [2.75, 3.05) is 51.8 Å². The van der Waals surface area contributed by atoms with E-state index >= 15 is 0 Å². The fourth-order valence-electron chi connectivity index (χ4n) is 5.19. The second-order valence-corrected chi connectivity index (χ2v) is 10.1. The first kappa shape index (κ1) is 27.4. The highest BCUT2D eigenvalue weighted by atomic mass is 35.5. The number of ether oxygens (including phenoxy) is 3. The van der Waals surface area contributed by atoms with Crippen LogP contribution in [-0.4, -0.2) is 84.3 Å². The Bertz CT molecular complexity index is 1310. The molecule has 1 amide bonds. The van der Waals surface area contributed by atoms with E-state index in [1.54, 1.807) is 13.2 Å². The molecule has 11 heteroatoms. The average Bonchev–Trinajstić information content (AvgIpc) is 2.96. The van der Waals surface area contributed by atoms with Gasteiger partial charge in [-0.2, -0.15) is 0 Å². The summed E-state index contributed by atoms with van der Waals surface area (Å²) in [6, 6.07) is 7.97. The van der Waals surface area contributed by atoms with E-state index in [0.717, 1.165) is 37.7 Å². The summed E-state index contributed by atoms with van der Waals surface area (Å²) in [4.78, 5) is 26.1. The molecule has 2 saturated heterocycles. The van der Waals surface area contributed by atoms with E-state index in [0.29, 0.717) is 54.8 Å². The molecule has 0 aliphatic carbocycles. The number of amides is 1. The van der Waals surface area contributed by atoms with Gasteiger partial charge < -0.3 is 24.4 Å². The minimum atomic E-state index is -0.489. The largest absolute Gasteiger partial charge is 0.493 e. The number of morpholine rings is 1. The molecule has 9 nitrogen and oxygen atoms in total. The zero-order chi connectivity index (χ0) is 27.4. The summed E-state index contributed by atoms with van der Waals surface area (Å²) in [5, 5.41) is 3.95. The Labute approximate surface area is 232 Å². The number of aromatic nitrogens is 2. The topological polar surface area (TPSA) is 89.1 Å². The van der Waals surface area contributed by atoms with Gasteiger partial charge in [0, 0.05) is 43.3 Å². The highest BCUT2D eigenvalue weighted by Gasteiger charge is 2.32. The number of halogens is 2. The van der Waals surface area contributed by atoms with Gasteiger partial charge in [-0.3, -0.25) is 9.69 Å². The molecular weight excluding hydrogens is 525 g/mol. The lowest BCUT2D eigenvalue weighted by atomic mass is 10.0. The summed E-state index contributed by atoms with van der Waals surface area (Å²) in [5.74, 6) is 1.41. The predicted molar refractivity (Wildman–Crippen MR) is 147 cm³/mol. The van der Waals surface area contributed by atoms with Gasteiger partial charge in [-0.1, -0.05) is 18.5 Å². The monoisotopic (exact) mass is 557 g/mol. The molecule has 39 heavy (non-hydrogen) atoms. The van der Waals surface area contributed by atoms with Crippen LogP contribution < -0.4 is 14.8 Å². The Morgan fingerprint density at radius 3 is 2.62 bits per heavy atom. The Hall–Kier alpha value is -3.21. The summed E-state index contributed by atoms with van der Waals surface area (Å²) in [6.45, 7) is 6.14. The molecule has 0 saturated carbocycles. The van der Waals surface area contributed by atoms with Crippen molar-refractivity contribution in [1.29, 1.82) is 0 Å². The number of carbonyl (C=O) groups excluding carboxylic acids is 1. The number of likely N-dealkylation sites (tertiary alicyclic amines) is 1. The molecule has 0 spiro atoms. The second kappa shape index (κ2) is 12.3. The summed E-state index contributed by atoms with van der Waals surface area (Å²) >= 11 is 5.95. The van der Waals surface area contributed by atoms with E-state index in [1.807, 2.05) is 17.0 Å². The smallest absolute Gasteiger partial charge is 0.240 e. The molecule has 2 aliphatic heterocycles. The number of anilines is 2. The van der Waals surface area contributed by atoms with Crippen LogP contribution in [-0.2, 0) is 9.53 Å². The Balaban J connectivity index is 1.29. The van der Waals surface area contributed by atoms with Crippen LogP contribution in [0.4, 0.5) is 15.9 Å². The first-order valence-corrected chi connectivity index (χ1v) is 13.7. The third kappa shape index (κ3) is 6.18. The maximum Gasteiger partial charge on any atom is 0.240 e. The minimum absolute atomic E-state index is 0.0207. The first-order chi connectivity index (χ1) is 19.0. The van der Waals surface area contributed by atoms with Gasteiger partial charge in [-0.05, 0) is 43.5 Å². The molecule has 2 fully saturated rings.